The number of para-hydroxylation sites is 1. The van der Waals surface area contributed by atoms with Crippen molar-refractivity contribution >= 4 is 33.3 Å². The molecule has 8 nitrogen and oxygen atoms in total. The lowest BCUT2D eigenvalue weighted by Crippen LogP contribution is -2.41. The number of hydrogen-bond donors (Lipinski definition) is 2. The van der Waals surface area contributed by atoms with Crippen molar-refractivity contribution in [3.8, 4) is 11.1 Å². The van der Waals surface area contributed by atoms with E-state index in [9.17, 15) is 17.6 Å². The molecule has 0 saturated heterocycles. The number of carbonyl (C=O) groups excluding carboxylic acids is 1. The minimum atomic E-state index is -4.08. The minimum Gasteiger partial charge on any atom is -0.377 e. The predicted molar refractivity (Wildman–Crippen MR) is 171 cm³/mol. The van der Waals surface area contributed by atoms with Crippen LogP contribution in [0, 0.1) is 17.7 Å². The van der Waals surface area contributed by atoms with Crippen LogP contribution in [0.4, 0.5) is 15.8 Å². The number of benzene rings is 3. The number of fused-ring (bicyclic) bond motifs is 1. The first kappa shape index (κ1) is 30.3. The number of ether oxygens (including phenoxy) is 1. The van der Waals surface area contributed by atoms with Crippen molar-refractivity contribution in [2.75, 3.05) is 16.1 Å². The molecule has 3 aromatic carbocycles. The summed E-state index contributed by atoms with van der Waals surface area (Å²) in [5.74, 6) is 1.79. The summed E-state index contributed by atoms with van der Waals surface area (Å²) in [6.07, 6.45) is 5.79. The average Bonchev–Trinajstić information content (AvgIpc) is 3.54. The quantitative estimate of drug-likeness (QED) is 0.218. The lowest BCUT2D eigenvalue weighted by molar-refractivity contribution is -0.131. The van der Waals surface area contributed by atoms with Crippen LogP contribution >= 0.6 is 0 Å². The highest BCUT2D eigenvalue weighted by molar-refractivity contribution is 7.94. The smallest absolute Gasteiger partial charge is 0.321 e. The molecule has 3 aromatic rings. The highest BCUT2D eigenvalue weighted by atomic mass is 32.2. The Kier molecular flexibility index (Phi) is 8.48. The van der Waals surface area contributed by atoms with Gasteiger partial charge in [-0.15, -0.1) is 0 Å². The predicted octanol–water partition coefficient (Wildman–Crippen LogP) is 6.90. The molecular formula is C34H39FN4O4S. The molecule has 0 aromatic heterocycles. The highest BCUT2D eigenvalue weighted by Gasteiger charge is 2.61. The molecule has 1 aliphatic heterocycles. The standard InChI is InChI=1S/C34H39FN4O4S/c1-3-5-13-32-36-34(19-24-17-25(24)20-34)33(40)39(32)21-23-14-15-29(26(16-23)22-43-4-2)30-11-6-7-12-31(30)38-44(41,42)37-28-10-8-9-27(35)18-28/h6-12,14-16,18,24-25,37-38H,3-5,13,17,19-22H2,1-2H3/t24-,25?,34?/m0/s1. The number of nitrogens with zero attached hydrogens (tertiary/aromatic N) is 2. The normalized spacial score (nSPS) is 22.3. The summed E-state index contributed by atoms with van der Waals surface area (Å²) in [6.45, 7) is 5.34. The molecule has 2 fully saturated rings. The lowest BCUT2D eigenvalue weighted by Gasteiger charge is -2.24. The van der Waals surface area contributed by atoms with Crippen LogP contribution in [0.25, 0.3) is 11.1 Å². The number of halogens is 1. The summed E-state index contributed by atoms with van der Waals surface area (Å²) < 4.78 is 50.5. The van der Waals surface area contributed by atoms with Crippen LogP contribution in [0.15, 0.2) is 71.7 Å². The van der Waals surface area contributed by atoms with Crippen molar-refractivity contribution in [1.29, 1.82) is 0 Å². The van der Waals surface area contributed by atoms with E-state index in [-0.39, 0.29) is 11.6 Å². The number of rotatable bonds is 13. The van der Waals surface area contributed by atoms with Crippen molar-refractivity contribution in [2.45, 2.75) is 71.1 Å². The van der Waals surface area contributed by atoms with Gasteiger partial charge in [0.2, 0.25) is 0 Å². The van der Waals surface area contributed by atoms with Crippen molar-refractivity contribution in [3.63, 3.8) is 0 Å². The first-order valence-corrected chi connectivity index (χ1v) is 16.9. The first-order chi connectivity index (χ1) is 21.2. The van der Waals surface area contributed by atoms with Gasteiger partial charge in [0.25, 0.3) is 5.91 Å². The fraction of sp³-hybridized carbons (Fsp3) is 0.412. The molecule has 2 unspecified atom stereocenters. The molecule has 0 bridgehead atoms. The van der Waals surface area contributed by atoms with Crippen molar-refractivity contribution in [1.82, 2.24) is 4.90 Å². The second-order valence-corrected chi connectivity index (χ2v) is 13.5. The Bertz CT molecular complexity index is 1680. The monoisotopic (exact) mass is 618 g/mol. The number of hydrogen-bond acceptors (Lipinski definition) is 5. The summed E-state index contributed by atoms with van der Waals surface area (Å²) in [7, 11) is -4.08. The third-order valence-electron chi connectivity index (χ3n) is 8.83. The van der Waals surface area contributed by atoms with Gasteiger partial charge < -0.3 is 4.74 Å². The molecule has 2 aliphatic carbocycles. The van der Waals surface area contributed by atoms with E-state index in [0.29, 0.717) is 42.8 Å². The van der Waals surface area contributed by atoms with E-state index in [1.807, 2.05) is 42.2 Å². The van der Waals surface area contributed by atoms with E-state index in [0.717, 1.165) is 60.7 Å². The van der Waals surface area contributed by atoms with E-state index in [1.165, 1.54) is 24.6 Å². The average molecular weight is 619 g/mol. The molecule has 1 amide bonds. The maximum atomic E-state index is 13.8. The fourth-order valence-electron chi connectivity index (χ4n) is 6.65. The maximum absolute atomic E-state index is 13.8. The summed E-state index contributed by atoms with van der Waals surface area (Å²) >= 11 is 0. The number of nitrogens with one attached hydrogen (secondary N) is 2. The van der Waals surface area contributed by atoms with Gasteiger partial charge in [0.1, 0.15) is 17.2 Å². The SMILES string of the molecule is CCCCC1=NC2(CC3C[C@H]3C2)C(=O)N1Cc1ccc(-c2ccccc2NS(=O)(=O)Nc2cccc(F)c2)c(COCC)c1. The van der Waals surface area contributed by atoms with Gasteiger partial charge in [-0.05, 0) is 85.4 Å². The molecule has 2 saturated carbocycles. The van der Waals surface area contributed by atoms with E-state index in [2.05, 4.69) is 16.4 Å². The van der Waals surface area contributed by atoms with Crippen LogP contribution in [0.2, 0.25) is 0 Å². The number of amides is 1. The second kappa shape index (κ2) is 12.3. The minimum absolute atomic E-state index is 0.117. The van der Waals surface area contributed by atoms with Crippen LogP contribution in [0.1, 0.15) is 63.5 Å². The number of unbranched alkanes of at least 4 members (excludes halogenated alkanes) is 1. The molecule has 3 aliphatic rings. The summed E-state index contributed by atoms with van der Waals surface area (Å²) in [6, 6.07) is 18.4. The van der Waals surface area contributed by atoms with E-state index >= 15 is 0 Å². The van der Waals surface area contributed by atoms with Crippen LogP contribution in [-0.4, -0.2) is 37.2 Å². The van der Waals surface area contributed by atoms with Gasteiger partial charge >= 0.3 is 10.2 Å². The van der Waals surface area contributed by atoms with Crippen LogP contribution in [0.5, 0.6) is 0 Å². The van der Waals surface area contributed by atoms with Crippen LogP contribution in [0.3, 0.4) is 0 Å². The van der Waals surface area contributed by atoms with E-state index in [4.69, 9.17) is 9.73 Å². The summed E-state index contributed by atoms with van der Waals surface area (Å²) in [5, 5.41) is 0. The molecule has 3 atom stereocenters. The Morgan fingerprint density at radius 1 is 1.00 bits per heavy atom. The Balaban J connectivity index is 1.27. The van der Waals surface area contributed by atoms with Crippen molar-refractivity contribution in [3.05, 3.63) is 83.7 Å². The molecule has 232 valence electrons. The van der Waals surface area contributed by atoms with Gasteiger partial charge in [-0.25, -0.2) is 4.39 Å². The van der Waals surface area contributed by atoms with Gasteiger partial charge in [0, 0.05) is 18.6 Å². The van der Waals surface area contributed by atoms with Gasteiger partial charge in [-0.1, -0.05) is 55.8 Å². The Hall–Kier alpha value is -3.76. The summed E-state index contributed by atoms with van der Waals surface area (Å²) in [5.41, 5.74) is 3.24. The molecule has 2 N–H and O–H groups in total. The molecular weight excluding hydrogens is 579 g/mol. The largest absolute Gasteiger partial charge is 0.377 e. The van der Waals surface area contributed by atoms with E-state index < -0.39 is 21.6 Å². The molecule has 1 heterocycles. The number of anilines is 2. The van der Waals surface area contributed by atoms with E-state index in [1.54, 1.807) is 12.1 Å². The number of aliphatic imine (C=N–C) groups is 1. The third kappa shape index (κ3) is 6.37. The van der Waals surface area contributed by atoms with Gasteiger partial charge in [0.15, 0.2) is 0 Å². The zero-order chi connectivity index (χ0) is 30.9. The van der Waals surface area contributed by atoms with Crippen LogP contribution in [-0.2, 0) is 32.9 Å². The summed E-state index contributed by atoms with van der Waals surface area (Å²) in [4.78, 5) is 20.8. The molecule has 10 heteroatoms. The van der Waals surface area contributed by atoms with Gasteiger partial charge in [0.05, 0.1) is 24.5 Å². The molecule has 1 spiro atoms. The Morgan fingerprint density at radius 2 is 1.80 bits per heavy atom. The lowest BCUT2D eigenvalue weighted by atomic mass is 9.93. The molecule has 6 rings (SSSR count). The number of carbonyl (C=O) groups is 1. The maximum Gasteiger partial charge on any atom is 0.321 e. The fourth-order valence-corrected chi connectivity index (χ4v) is 7.60. The highest BCUT2D eigenvalue weighted by Crippen LogP contribution is 2.59. The third-order valence-corrected chi connectivity index (χ3v) is 9.82. The Morgan fingerprint density at radius 3 is 2.55 bits per heavy atom. The molecule has 0 radical (unpaired) electrons. The van der Waals surface area contributed by atoms with Crippen molar-refractivity contribution in [2.24, 2.45) is 16.8 Å². The van der Waals surface area contributed by atoms with Crippen LogP contribution < -0.4 is 9.44 Å². The zero-order valence-corrected chi connectivity index (χ0v) is 26.0. The number of amidine groups is 1. The first-order valence-electron chi connectivity index (χ1n) is 15.5. The molecule has 44 heavy (non-hydrogen) atoms. The van der Waals surface area contributed by atoms with Gasteiger partial charge in [-0.3, -0.25) is 24.1 Å². The Labute approximate surface area is 258 Å². The van der Waals surface area contributed by atoms with Crippen molar-refractivity contribution < 1.29 is 22.3 Å². The second-order valence-electron chi connectivity index (χ2n) is 12.1. The topological polar surface area (TPSA) is 100 Å². The zero-order valence-electron chi connectivity index (χ0n) is 25.2. The van der Waals surface area contributed by atoms with Gasteiger partial charge in [-0.2, -0.15) is 8.42 Å².